The maximum absolute atomic E-state index is 13.9. The van der Waals surface area contributed by atoms with Crippen LogP contribution in [0.3, 0.4) is 0 Å². The number of carboxylic acids is 1. The van der Waals surface area contributed by atoms with E-state index in [-0.39, 0.29) is 26.9 Å². The van der Waals surface area contributed by atoms with Crippen LogP contribution in [0.4, 0.5) is 4.39 Å². The first-order chi connectivity index (χ1) is 9.43. The van der Waals surface area contributed by atoms with E-state index in [9.17, 15) is 14.0 Å². The van der Waals surface area contributed by atoms with Gasteiger partial charge in [-0.3, -0.25) is 4.79 Å². The number of aromatic carboxylic acids is 1. The lowest BCUT2D eigenvalue weighted by molar-refractivity contribution is 0.0687. The molecule has 0 fully saturated rings. The van der Waals surface area contributed by atoms with Crippen LogP contribution in [0.25, 0.3) is 11.1 Å². The first-order valence-corrected chi connectivity index (χ1v) is 6.04. The molecule has 0 bridgehead atoms. The highest BCUT2D eigenvalue weighted by Crippen LogP contribution is 2.30. The highest BCUT2D eigenvalue weighted by atomic mass is 35.5. The molecule has 0 amide bonds. The lowest BCUT2D eigenvalue weighted by Gasteiger charge is -2.09. The average Bonchev–Trinajstić information content (AvgIpc) is 2.37. The Hall–Kier alpha value is -1.98. The minimum absolute atomic E-state index is 0.0169. The molecular formula is C13H6Cl2FNO3. The molecule has 0 aliphatic heterocycles. The summed E-state index contributed by atoms with van der Waals surface area (Å²) in [6.07, 6.45) is 0.302. The standard InChI is InChI=1S/C13H6Cl2FNO3/c14-6-1-2-7(10(16)3-6)8-4-11(15)17-12(13(19)20)9(8)5-18/h1-5H,(H,19,20). The van der Waals surface area contributed by atoms with Crippen molar-refractivity contribution in [1.29, 1.82) is 0 Å². The van der Waals surface area contributed by atoms with Crippen molar-refractivity contribution in [3.8, 4) is 11.1 Å². The van der Waals surface area contributed by atoms with Gasteiger partial charge in [0.15, 0.2) is 12.0 Å². The van der Waals surface area contributed by atoms with Crippen molar-refractivity contribution in [1.82, 2.24) is 4.98 Å². The molecular weight excluding hydrogens is 308 g/mol. The fourth-order valence-electron chi connectivity index (χ4n) is 1.74. The van der Waals surface area contributed by atoms with Crippen molar-refractivity contribution in [2.45, 2.75) is 0 Å². The summed E-state index contributed by atoms with van der Waals surface area (Å²) in [6, 6.07) is 5.04. The van der Waals surface area contributed by atoms with Crippen LogP contribution in [0.5, 0.6) is 0 Å². The number of hydrogen-bond acceptors (Lipinski definition) is 3. The van der Waals surface area contributed by atoms with Crippen LogP contribution in [0.15, 0.2) is 24.3 Å². The van der Waals surface area contributed by atoms with E-state index in [2.05, 4.69) is 4.98 Å². The molecule has 0 saturated carbocycles. The van der Waals surface area contributed by atoms with Gasteiger partial charge in [-0.1, -0.05) is 23.2 Å². The molecule has 2 aromatic rings. The number of carboxylic acid groups (broad SMARTS) is 1. The van der Waals surface area contributed by atoms with Crippen LogP contribution in [0.1, 0.15) is 20.8 Å². The number of halogens is 3. The Morgan fingerprint density at radius 2 is 1.95 bits per heavy atom. The average molecular weight is 314 g/mol. The van der Waals surface area contributed by atoms with Gasteiger partial charge in [-0.2, -0.15) is 0 Å². The van der Waals surface area contributed by atoms with Crippen LogP contribution in [0, 0.1) is 5.82 Å². The summed E-state index contributed by atoms with van der Waals surface area (Å²) in [6.45, 7) is 0. The minimum Gasteiger partial charge on any atom is -0.476 e. The molecule has 1 N–H and O–H groups in total. The molecule has 2 rings (SSSR count). The van der Waals surface area contributed by atoms with Crippen LogP contribution >= 0.6 is 23.2 Å². The molecule has 0 aliphatic carbocycles. The van der Waals surface area contributed by atoms with Gasteiger partial charge < -0.3 is 5.11 Å². The second kappa shape index (κ2) is 5.56. The highest BCUT2D eigenvalue weighted by molar-refractivity contribution is 6.31. The van der Waals surface area contributed by atoms with Gasteiger partial charge in [0.05, 0.1) is 5.56 Å². The minimum atomic E-state index is -1.43. The molecule has 4 nitrogen and oxygen atoms in total. The number of benzene rings is 1. The summed E-state index contributed by atoms with van der Waals surface area (Å²) in [5.41, 5.74) is -0.713. The third kappa shape index (κ3) is 2.64. The van der Waals surface area contributed by atoms with Crippen molar-refractivity contribution in [3.05, 3.63) is 51.5 Å². The molecule has 0 radical (unpaired) electrons. The second-order valence-corrected chi connectivity index (χ2v) is 4.63. The number of rotatable bonds is 3. The zero-order chi connectivity index (χ0) is 14.9. The van der Waals surface area contributed by atoms with E-state index < -0.39 is 17.5 Å². The van der Waals surface area contributed by atoms with E-state index in [4.69, 9.17) is 28.3 Å². The largest absolute Gasteiger partial charge is 0.476 e. The molecule has 102 valence electrons. The van der Waals surface area contributed by atoms with E-state index in [1.807, 2.05) is 0 Å². The van der Waals surface area contributed by atoms with Gasteiger partial charge in [0.1, 0.15) is 11.0 Å². The molecule has 0 atom stereocenters. The van der Waals surface area contributed by atoms with Crippen LogP contribution in [-0.4, -0.2) is 22.3 Å². The van der Waals surface area contributed by atoms with Crippen molar-refractivity contribution in [2.75, 3.05) is 0 Å². The van der Waals surface area contributed by atoms with Gasteiger partial charge in [-0.05, 0) is 24.3 Å². The number of aromatic nitrogens is 1. The van der Waals surface area contributed by atoms with Crippen LogP contribution in [-0.2, 0) is 0 Å². The molecule has 1 aromatic carbocycles. The van der Waals surface area contributed by atoms with E-state index in [0.29, 0.717) is 6.29 Å². The molecule has 1 heterocycles. The third-order valence-corrected chi connectivity index (χ3v) is 3.00. The Bertz CT molecular complexity index is 719. The Morgan fingerprint density at radius 1 is 1.25 bits per heavy atom. The number of aldehydes is 1. The monoisotopic (exact) mass is 313 g/mol. The number of carbonyl (C=O) groups is 2. The number of carbonyl (C=O) groups excluding carboxylic acids is 1. The van der Waals surface area contributed by atoms with Crippen LogP contribution in [0.2, 0.25) is 10.2 Å². The molecule has 20 heavy (non-hydrogen) atoms. The first kappa shape index (κ1) is 14.4. The van der Waals surface area contributed by atoms with Gasteiger partial charge in [-0.25, -0.2) is 14.2 Å². The van der Waals surface area contributed by atoms with Crippen molar-refractivity contribution in [2.24, 2.45) is 0 Å². The predicted octanol–water partition coefficient (Wildman–Crippen LogP) is 3.71. The Balaban J connectivity index is 2.79. The number of nitrogens with zero attached hydrogens (tertiary/aromatic N) is 1. The molecule has 0 aliphatic rings. The Morgan fingerprint density at radius 3 is 2.50 bits per heavy atom. The van der Waals surface area contributed by atoms with Crippen molar-refractivity contribution < 1.29 is 19.1 Å². The van der Waals surface area contributed by atoms with E-state index in [1.54, 1.807) is 0 Å². The van der Waals surface area contributed by atoms with Gasteiger partial charge in [0, 0.05) is 16.1 Å². The second-order valence-electron chi connectivity index (χ2n) is 3.80. The molecule has 7 heteroatoms. The van der Waals surface area contributed by atoms with E-state index in [1.165, 1.54) is 18.2 Å². The smallest absolute Gasteiger partial charge is 0.355 e. The summed E-state index contributed by atoms with van der Waals surface area (Å²) in [5, 5.41) is 9.03. The lowest BCUT2D eigenvalue weighted by atomic mass is 9.99. The van der Waals surface area contributed by atoms with E-state index >= 15 is 0 Å². The Kier molecular flexibility index (Phi) is 4.01. The van der Waals surface area contributed by atoms with Crippen molar-refractivity contribution >= 4 is 35.5 Å². The maximum atomic E-state index is 13.9. The van der Waals surface area contributed by atoms with Gasteiger partial charge in [0.2, 0.25) is 0 Å². The topological polar surface area (TPSA) is 67.3 Å². The third-order valence-electron chi connectivity index (χ3n) is 2.57. The summed E-state index contributed by atoms with van der Waals surface area (Å²) < 4.78 is 13.9. The fraction of sp³-hybridized carbons (Fsp3) is 0. The van der Waals surface area contributed by atoms with E-state index in [0.717, 1.165) is 6.07 Å². The summed E-state index contributed by atoms with van der Waals surface area (Å²) in [7, 11) is 0. The molecule has 0 saturated heterocycles. The predicted molar refractivity (Wildman–Crippen MR) is 72.0 cm³/mol. The summed E-state index contributed by atoms with van der Waals surface area (Å²) in [4.78, 5) is 25.7. The number of pyridine rings is 1. The fourth-order valence-corrected chi connectivity index (χ4v) is 2.09. The maximum Gasteiger partial charge on any atom is 0.355 e. The molecule has 0 unspecified atom stereocenters. The summed E-state index contributed by atoms with van der Waals surface area (Å²) >= 11 is 11.4. The lowest BCUT2D eigenvalue weighted by Crippen LogP contribution is -2.07. The molecule has 0 spiro atoms. The SMILES string of the molecule is O=Cc1c(-c2ccc(Cl)cc2F)cc(Cl)nc1C(=O)O. The number of hydrogen-bond donors (Lipinski definition) is 1. The zero-order valence-electron chi connectivity index (χ0n) is 9.73. The van der Waals surface area contributed by atoms with Gasteiger partial charge in [-0.15, -0.1) is 0 Å². The Labute approximate surface area is 122 Å². The summed E-state index contributed by atoms with van der Waals surface area (Å²) in [5.74, 6) is -2.12. The van der Waals surface area contributed by atoms with Gasteiger partial charge in [0.25, 0.3) is 0 Å². The highest BCUT2D eigenvalue weighted by Gasteiger charge is 2.20. The zero-order valence-corrected chi connectivity index (χ0v) is 11.2. The quantitative estimate of drug-likeness (QED) is 0.693. The molecule has 1 aromatic heterocycles. The normalized spacial score (nSPS) is 10.3. The van der Waals surface area contributed by atoms with Crippen LogP contribution < -0.4 is 0 Å². The van der Waals surface area contributed by atoms with Crippen molar-refractivity contribution in [3.63, 3.8) is 0 Å². The first-order valence-electron chi connectivity index (χ1n) is 5.28. The van der Waals surface area contributed by atoms with Gasteiger partial charge >= 0.3 is 5.97 Å².